The minimum absolute atomic E-state index is 0.733. The maximum atomic E-state index is 6.58. The summed E-state index contributed by atoms with van der Waals surface area (Å²) in [5.41, 5.74) is 3.85. The van der Waals surface area contributed by atoms with Crippen molar-refractivity contribution in [3.8, 4) is 0 Å². The van der Waals surface area contributed by atoms with Crippen molar-refractivity contribution in [2.75, 3.05) is 31.1 Å². The third-order valence-electron chi connectivity index (χ3n) is 5.15. The Hall–Kier alpha value is -1.55. The zero-order valence-corrected chi connectivity index (χ0v) is 15.4. The van der Waals surface area contributed by atoms with E-state index in [1.54, 1.807) is 0 Å². The summed E-state index contributed by atoms with van der Waals surface area (Å²) in [5, 5.41) is 4.43. The molecule has 3 nitrogen and oxygen atoms in total. The molecular formula is C21H26ClN3. The van der Waals surface area contributed by atoms with Gasteiger partial charge in [-0.05, 0) is 36.1 Å². The Labute approximate surface area is 155 Å². The molecule has 0 atom stereocenters. The van der Waals surface area contributed by atoms with Crippen molar-refractivity contribution in [1.82, 2.24) is 10.2 Å². The lowest BCUT2D eigenvalue weighted by atomic mass is 10.1. The highest BCUT2D eigenvalue weighted by Crippen LogP contribution is 2.28. The third-order valence-corrected chi connectivity index (χ3v) is 5.45. The molecule has 2 aliphatic rings. The molecule has 2 aromatic rings. The molecule has 4 rings (SSSR count). The SMILES string of the molecule is Clc1cc(CNC2CC2)ccc1N1CCN(Cc2ccccc2)CC1. The second-order valence-corrected chi connectivity index (χ2v) is 7.60. The van der Waals surface area contributed by atoms with E-state index in [-0.39, 0.29) is 0 Å². The molecule has 1 saturated heterocycles. The van der Waals surface area contributed by atoms with Crippen LogP contribution >= 0.6 is 11.6 Å². The van der Waals surface area contributed by atoms with E-state index in [1.165, 1.54) is 29.7 Å². The first-order valence-electron chi connectivity index (χ1n) is 9.31. The number of anilines is 1. The summed E-state index contributed by atoms with van der Waals surface area (Å²) < 4.78 is 0. The van der Waals surface area contributed by atoms with Crippen molar-refractivity contribution < 1.29 is 0 Å². The van der Waals surface area contributed by atoms with Crippen LogP contribution in [0.25, 0.3) is 0 Å². The molecule has 1 heterocycles. The lowest BCUT2D eigenvalue weighted by molar-refractivity contribution is 0.250. The molecular weight excluding hydrogens is 330 g/mol. The second kappa shape index (κ2) is 7.77. The van der Waals surface area contributed by atoms with Gasteiger partial charge >= 0.3 is 0 Å². The van der Waals surface area contributed by atoms with Crippen LogP contribution in [0.3, 0.4) is 0 Å². The summed E-state index contributed by atoms with van der Waals surface area (Å²) in [4.78, 5) is 4.94. The minimum Gasteiger partial charge on any atom is -0.368 e. The van der Waals surface area contributed by atoms with Gasteiger partial charge in [-0.1, -0.05) is 48.0 Å². The van der Waals surface area contributed by atoms with Gasteiger partial charge in [0.2, 0.25) is 0 Å². The predicted molar refractivity (Wildman–Crippen MR) is 105 cm³/mol. The molecule has 2 aromatic carbocycles. The van der Waals surface area contributed by atoms with Gasteiger partial charge in [-0.2, -0.15) is 0 Å². The molecule has 0 amide bonds. The zero-order valence-electron chi connectivity index (χ0n) is 14.6. The molecule has 1 N–H and O–H groups in total. The van der Waals surface area contributed by atoms with Crippen molar-refractivity contribution >= 4 is 17.3 Å². The molecule has 0 bridgehead atoms. The van der Waals surface area contributed by atoms with Crippen LogP contribution < -0.4 is 10.2 Å². The predicted octanol–water partition coefficient (Wildman–Crippen LogP) is 3.91. The fourth-order valence-electron chi connectivity index (χ4n) is 3.45. The maximum absolute atomic E-state index is 6.58. The van der Waals surface area contributed by atoms with Crippen molar-refractivity contribution in [2.24, 2.45) is 0 Å². The van der Waals surface area contributed by atoms with E-state index in [0.29, 0.717) is 0 Å². The third kappa shape index (κ3) is 4.55. The minimum atomic E-state index is 0.733. The van der Waals surface area contributed by atoms with Crippen LogP contribution in [0.5, 0.6) is 0 Å². The number of hydrogen-bond acceptors (Lipinski definition) is 3. The first kappa shape index (κ1) is 16.9. The average Bonchev–Trinajstić information content (AvgIpc) is 3.46. The summed E-state index contributed by atoms with van der Waals surface area (Å²) in [6.07, 6.45) is 2.64. The average molecular weight is 356 g/mol. The molecule has 4 heteroatoms. The first-order chi connectivity index (χ1) is 12.3. The maximum Gasteiger partial charge on any atom is 0.0642 e. The van der Waals surface area contributed by atoms with Crippen molar-refractivity contribution in [1.29, 1.82) is 0 Å². The van der Waals surface area contributed by atoms with Gasteiger partial charge < -0.3 is 10.2 Å². The molecule has 0 unspecified atom stereocenters. The molecule has 1 saturated carbocycles. The Balaban J connectivity index is 1.32. The summed E-state index contributed by atoms with van der Waals surface area (Å²) >= 11 is 6.58. The molecule has 0 aromatic heterocycles. The fraction of sp³-hybridized carbons (Fsp3) is 0.429. The van der Waals surface area contributed by atoms with E-state index in [0.717, 1.165) is 50.3 Å². The van der Waals surface area contributed by atoms with Crippen LogP contribution in [0, 0.1) is 0 Å². The number of hydrogen-bond donors (Lipinski definition) is 1. The van der Waals surface area contributed by atoms with Crippen molar-refractivity contribution in [2.45, 2.75) is 32.0 Å². The monoisotopic (exact) mass is 355 g/mol. The van der Waals surface area contributed by atoms with Gasteiger partial charge in [-0.3, -0.25) is 4.90 Å². The molecule has 0 spiro atoms. The largest absolute Gasteiger partial charge is 0.368 e. The van der Waals surface area contributed by atoms with Crippen LogP contribution in [-0.2, 0) is 13.1 Å². The highest BCUT2D eigenvalue weighted by atomic mass is 35.5. The Kier molecular flexibility index (Phi) is 5.25. The van der Waals surface area contributed by atoms with Crippen LogP contribution in [0.2, 0.25) is 5.02 Å². The Morgan fingerprint density at radius 2 is 1.68 bits per heavy atom. The van der Waals surface area contributed by atoms with Crippen LogP contribution in [-0.4, -0.2) is 37.1 Å². The van der Waals surface area contributed by atoms with Gasteiger partial charge in [-0.15, -0.1) is 0 Å². The van der Waals surface area contributed by atoms with Gasteiger partial charge in [0.05, 0.1) is 10.7 Å². The number of rotatable bonds is 6. The van der Waals surface area contributed by atoms with Gasteiger partial charge in [0.1, 0.15) is 0 Å². The van der Waals surface area contributed by atoms with E-state index in [9.17, 15) is 0 Å². The first-order valence-corrected chi connectivity index (χ1v) is 9.69. The lowest BCUT2D eigenvalue weighted by Gasteiger charge is -2.36. The summed E-state index contributed by atoms with van der Waals surface area (Å²) in [6, 6.07) is 18.0. The lowest BCUT2D eigenvalue weighted by Crippen LogP contribution is -2.46. The summed E-state index contributed by atoms with van der Waals surface area (Å²) in [6.45, 7) is 6.19. The zero-order chi connectivity index (χ0) is 17.1. The number of piperazine rings is 1. The van der Waals surface area contributed by atoms with Gasteiger partial charge in [0.25, 0.3) is 0 Å². The Morgan fingerprint density at radius 3 is 2.36 bits per heavy atom. The summed E-state index contributed by atoms with van der Waals surface area (Å²) in [5.74, 6) is 0. The van der Waals surface area contributed by atoms with E-state index >= 15 is 0 Å². The van der Waals surface area contributed by atoms with Gasteiger partial charge in [-0.25, -0.2) is 0 Å². The standard InChI is InChI=1S/C21H26ClN3/c22-20-14-18(15-23-19-7-8-19)6-9-21(20)25-12-10-24(11-13-25)16-17-4-2-1-3-5-17/h1-6,9,14,19,23H,7-8,10-13,15-16H2. The van der Waals surface area contributed by atoms with Gasteiger partial charge in [0.15, 0.2) is 0 Å². The number of nitrogens with zero attached hydrogens (tertiary/aromatic N) is 2. The molecule has 1 aliphatic heterocycles. The van der Waals surface area contributed by atoms with Gasteiger partial charge in [0, 0.05) is 45.3 Å². The molecule has 2 fully saturated rings. The smallest absolute Gasteiger partial charge is 0.0642 e. The van der Waals surface area contributed by atoms with Crippen LogP contribution in [0.15, 0.2) is 48.5 Å². The van der Waals surface area contributed by atoms with E-state index in [4.69, 9.17) is 11.6 Å². The van der Waals surface area contributed by atoms with Crippen LogP contribution in [0.4, 0.5) is 5.69 Å². The fourth-order valence-corrected chi connectivity index (χ4v) is 3.78. The highest BCUT2D eigenvalue weighted by molar-refractivity contribution is 6.33. The number of halogens is 1. The highest BCUT2D eigenvalue weighted by Gasteiger charge is 2.21. The molecule has 132 valence electrons. The van der Waals surface area contributed by atoms with E-state index in [2.05, 4.69) is 63.6 Å². The number of benzene rings is 2. The van der Waals surface area contributed by atoms with Crippen LogP contribution in [0.1, 0.15) is 24.0 Å². The van der Waals surface area contributed by atoms with Crippen molar-refractivity contribution in [3.05, 3.63) is 64.7 Å². The van der Waals surface area contributed by atoms with Crippen molar-refractivity contribution in [3.63, 3.8) is 0 Å². The van der Waals surface area contributed by atoms with E-state index < -0.39 is 0 Å². The Bertz CT molecular complexity index is 692. The second-order valence-electron chi connectivity index (χ2n) is 7.19. The normalized spacial score (nSPS) is 18.5. The molecule has 0 radical (unpaired) electrons. The quantitative estimate of drug-likeness (QED) is 0.847. The van der Waals surface area contributed by atoms with E-state index in [1.807, 2.05) is 0 Å². The molecule has 1 aliphatic carbocycles. The summed E-state index contributed by atoms with van der Waals surface area (Å²) in [7, 11) is 0. The number of nitrogens with one attached hydrogen (secondary N) is 1. The molecule has 25 heavy (non-hydrogen) atoms. The topological polar surface area (TPSA) is 18.5 Å². The Morgan fingerprint density at radius 1 is 0.920 bits per heavy atom.